The van der Waals surface area contributed by atoms with Crippen molar-refractivity contribution in [1.29, 1.82) is 0 Å². The number of rotatable bonds is 16. The van der Waals surface area contributed by atoms with Crippen LogP contribution in [0.25, 0.3) is 0 Å². The number of nitrogens with one attached hydrogen (secondary N) is 1. The van der Waals surface area contributed by atoms with E-state index in [0.717, 1.165) is 13.1 Å². The Morgan fingerprint density at radius 2 is 1.22 bits per heavy atom. The molecular formula is C22H37N. The van der Waals surface area contributed by atoms with Gasteiger partial charge in [-0.3, -0.25) is 0 Å². The third-order valence-electron chi connectivity index (χ3n) is 4.43. The Labute approximate surface area is 144 Å². The number of unbranched alkanes of at least 4 members (excludes halogenated alkanes) is 11. The van der Waals surface area contributed by atoms with Gasteiger partial charge >= 0.3 is 0 Å². The molecule has 0 aliphatic carbocycles. The maximum absolute atomic E-state index is 3.77. The fourth-order valence-corrected chi connectivity index (χ4v) is 2.96. The largest absolute Gasteiger partial charge is 0.313 e. The number of allylic oxidation sites excluding steroid dienone is 1. The lowest BCUT2D eigenvalue weighted by molar-refractivity contribution is 0.537. The molecule has 0 aliphatic rings. The molecular weight excluding hydrogens is 278 g/mol. The molecule has 130 valence electrons. The van der Waals surface area contributed by atoms with Crippen LogP contribution in [-0.4, -0.2) is 6.54 Å². The van der Waals surface area contributed by atoms with Gasteiger partial charge in [-0.05, 0) is 31.4 Å². The monoisotopic (exact) mass is 315 g/mol. The predicted molar refractivity (Wildman–Crippen MR) is 104 cm³/mol. The second-order valence-corrected chi connectivity index (χ2v) is 6.63. The van der Waals surface area contributed by atoms with E-state index in [1.807, 2.05) is 6.08 Å². The summed E-state index contributed by atoms with van der Waals surface area (Å²) < 4.78 is 0. The van der Waals surface area contributed by atoms with Crippen molar-refractivity contribution in [3.63, 3.8) is 0 Å². The van der Waals surface area contributed by atoms with Crippen LogP contribution in [0, 0.1) is 0 Å². The van der Waals surface area contributed by atoms with Crippen molar-refractivity contribution in [2.75, 3.05) is 6.54 Å². The van der Waals surface area contributed by atoms with Gasteiger partial charge in [-0.25, -0.2) is 0 Å². The zero-order chi connectivity index (χ0) is 16.4. The first-order chi connectivity index (χ1) is 11.4. The van der Waals surface area contributed by atoms with Crippen molar-refractivity contribution in [3.8, 4) is 0 Å². The van der Waals surface area contributed by atoms with Crippen molar-refractivity contribution in [3.05, 3.63) is 48.6 Å². The summed E-state index contributed by atoms with van der Waals surface area (Å²) in [6, 6.07) is 10.7. The summed E-state index contributed by atoms with van der Waals surface area (Å²) in [5, 5.41) is 3.54. The molecule has 1 aromatic carbocycles. The first-order valence-electron chi connectivity index (χ1n) is 9.79. The summed E-state index contributed by atoms with van der Waals surface area (Å²) in [6.45, 7) is 5.93. The van der Waals surface area contributed by atoms with Crippen LogP contribution < -0.4 is 5.32 Å². The minimum Gasteiger partial charge on any atom is -0.313 e. The van der Waals surface area contributed by atoms with E-state index in [9.17, 15) is 0 Å². The Morgan fingerprint density at radius 1 is 0.696 bits per heavy atom. The smallest absolute Gasteiger partial charge is 0.0205 e. The Kier molecular flexibility index (Phi) is 13.7. The first kappa shape index (κ1) is 20.0. The second kappa shape index (κ2) is 15.8. The number of benzene rings is 1. The average Bonchev–Trinajstić information content (AvgIpc) is 2.59. The van der Waals surface area contributed by atoms with Gasteiger partial charge in [0.1, 0.15) is 0 Å². The summed E-state index contributed by atoms with van der Waals surface area (Å²) in [5.41, 5.74) is 1.39. The molecule has 1 nitrogen and oxygen atoms in total. The standard InChI is InChI=1S/C22H37N/c1-2-3-4-5-6-7-8-9-10-11-12-13-17-20-23-21-22-18-15-14-16-19-22/h2,14-16,18-19,23H,1,3-13,17,20-21H2. The highest BCUT2D eigenvalue weighted by molar-refractivity contribution is 5.14. The van der Waals surface area contributed by atoms with Gasteiger partial charge < -0.3 is 5.32 Å². The Morgan fingerprint density at radius 3 is 1.78 bits per heavy atom. The molecule has 0 amide bonds. The molecule has 0 saturated heterocycles. The molecule has 1 aromatic rings. The van der Waals surface area contributed by atoms with Gasteiger partial charge in [-0.1, -0.05) is 94.2 Å². The maximum Gasteiger partial charge on any atom is 0.0205 e. The summed E-state index contributed by atoms with van der Waals surface area (Å²) in [6.07, 6.45) is 18.6. The van der Waals surface area contributed by atoms with Crippen LogP contribution in [0.15, 0.2) is 43.0 Å². The quantitative estimate of drug-likeness (QED) is 0.266. The zero-order valence-electron chi connectivity index (χ0n) is 15.1. The van der Waals surface area contributed by atoms with E-state index in [1.54, 1.807) is 0 Å². The highest BCUT2D eigenvalue weighted by Gasteiger charge is 1.94. The average molecular weight is 316 g/mol. The van der Waals surface area contributed by atoms with Crippen molar-refractivity contribution in [2.45, 2.75) is 83.6 Å². The molecule has 23 heavy (non-hydrogen) atoms. The minimum atomic E-state index is 1.01. The Hall–Kier alpha value is -1.08. The molecule has 0 atom stereocenters. The Bertz CT molecular complexity index is 357. The number of hydrogen-bond donors (Lipinski definition) is 1. The molecule has 0 bridgehead atoms. The first-order valence-corrected chi connectivity index (χ1v) is 9.79. The van der Waals surface area contributed by atoms with Crippen LogP contribution in [0.5, 0.6) is 0 Å². The summed E-state index contributed by atoms with van der Waals surface area (Å²) in [5.74, 6) is 0. The maximum atomic E-state index is 3.77. The topological polar surface area (TPSA) is 12.0 Å². The van der Waals surface area contributed by atoms with E-state index in [1.165, 1.54) is 82.6 Å². The molecule has 1 rings (SSSR count). The van der Waals surface area contributed by atoms with Crippen LogP contribution in [0.2, 0.25) is 0 Å². The van der Waals surface area contributed by atoms with Crippen molar-refractivity contribution < 1.29 is 0 Å². The molecule has 0 aromatic heterocycles. The lowest BCUT2D eigenvalue weighted by atomic mass is 10.1. The molecule has 0 spiro atoms. The normalized spacial score (nSPS) is 10.8. The molecule has 0 saturated carbocycles. The van der Waals surface area contributed by atoms with Gasteiger partial charge in [0.2, 0.25) is 0 Å². The number of hydrogen-bond acceptors (Lipinski definition) is 1. The zero-order valence-corrected chi connectivity index (χ0v) is 15.1. The lowest BCUT2D eigenvalue weighted by Gasteiger charge is -2.05. The summed E-state index contributed by atoms with van der Waals surface area (Å²) in [4.78, 5) is 0. The van der Waals surface area contributed by atoms with E-state index < -0.39 is 0 Å². The SMILES string of the molecule is C=CCCCCCCCCCCCCCNCc1ccccc1. The molecule has 1 N–H and O–H groups in total. The van der Waals surface area contributed by atoms with Crippen LogP contribution >= 0.6 is 0 Å². The second-order valence-electron chi connectivity index (χ2n) is 6.63. The van der Waals surface area contributed by atoms with Crippen LogP contribution in [-0.2, 0) is 6.54 Å². The van der Waals surface area contributed by atoms with Gasteiger partial charge in [0.05, 0.1) is 0 Å². The molecule has 0 fully saturated rings. The third kappa shape index (κ3) is 13.1. The predicted octanol–water partition coefficient (Wildman–Crippen LogP) is 6.64. The van der Waals surface area contributed by atoms with E-state index in [-0.39, 0.29) is 0 Å². The van der Waals surface area contributed by atoms with Crippen LogP contribution in [0.3, 0.4) is 0 Å². The van der Waals surface area contributed by atoms with E-state index in [0.29, 0.717) is 0 Å². The van der Waals surface area contributed by atoms with Gasteiger partial charge in [-0.2, -0.15) is 0 Å². The lowest BCUT2D eigenvalue weighted by Crippen LogP contribution is -2.14. The van der Waals surface area contributed by atoms with Gasteiger partial charge in [0, 0.05) is 6.54 Å². The van der Waals surface area contributed by atoms with Gasteiger partial charge in [0.25, 0.3) is 0 Å². The summed E-state index contributed by atoms with van der Waals surface area (Å²) in [7, 11) is 0. The van der Waals surface area contributed by atoms with E-state index in [4.69, 9.17) is 0 Å². The third-order valence-corrected chi connectivity index (χ3v) is 4.43. The fourth-order valence-electron chi connectivity index (χ4n) is 2.96. The minimum absolute atomic E-state index is 1.01. The molecule has 0 heterocycles. The molecule has 0 radical (unpaired) electrons. The fraction of sp³-hybridized carbons (Fsp3) is 0.636. The molecule has 0 unspecified atom stereocenters. The molecule has 1 heteroatoms. The van der Waals surface area contributed by atoms with E-state index in [2.05, 4.69) is 42.2 Å². The van der Waals surface area contributed by atoms with Crippen molar-refractivity contribution in [1.82, 2.24) is 5.32 Å². The summed E-state index contributed by atoms with van der Waals surface area (Å²) >= 11 is 0. The highest BCUT2D eigenvalue weighted by atomic mass is 14.8. The van der Waals surface area contributed by atoms with E-state index >= 15 is 0 Å². The highest BCUT2D eigenvalue weighted by Crippen LogP contribution is 2.12. The van der Waals surface area contributed by atoms with Crippen molar-refractivity contribution >= 4 is 0 Å². The van der Waals surface area contributed by atoms with Gasteiger partial charge in [-0.15, -0.1) is 6.58 Å². The van der Waals surface area contributed by atoms with Crippen molar-refractivity contribution in [2.24, 2.45) is 0 Å². The molecule has 0 aliphatic heterocycles. The van der Waals surface area contributed by atoms with Crippen LogP contribution in [0.1, 0.15) is 82.6 Å². The Balaban J connectivity index is 1.72. The van der Waals surface area contributed by atoms with Crippen LogP contribution in [0.4, 0.5) is 0 Å². The van der Waals surface area contributed by atoms with Gasteiger partial charge in [0.15, 0.2) is 0 Å².